The standard InChI is InChI=1S/C15H21ClN2O2/c1-11-10-13(17)6-8-18(11)15(19)7-9-20-14-4-2-12(16)3-5-14/h2-5,11,13H,6-10,17H2,1H3/t11-,13-/m1/s1. The van der Waals surface area contributed by atoms with Gasteiger partial charge in [-0.15, -0.1) is 0 Å². The number of likely N-dealkylation sites (tertiary alicyclic amines) is 1. The second-order valence-electron chi connectivity index (χ2n) is 5.27. The van der Waals surface area contributed by atoms with Crippen molar-refractivity contribution >= 4 is 17.5 Å². The van der Waals surface area contributed by atoms with E-state index in [0.29, 0.717) is 18.1 Å². The zero-order chi connectivity index (χ0) is 14.5. The molecule has 0 radical (unpaired) electrons. The maximum atomic E-state index is 12.1. The number of nitrogens with zero attached hydrogens (tertiary/aromatic N) is 1. The van der Waals surface area contributed by atoms with E-state index in [1.165, 1.54) is 0 Å². The van der Waals surface area contributed by atoms with Gasteiger partial charge in [0.25, 0.3) is 0 Å². The van der Waals surface area contributed by atoms with E-state index in [-0.39, 0.29) is 18.0 Å². The van der Waals surface area contributed by atoms with Crippen LogP contribution >= 0.6 is 11.6 Å². The Kier molecular flexibility index (Phi) is 5.26. The van der Waals surface area contributed by atoms with E-state index in [9.17, 15) is 4.79 Å². The average molecular weight is 297 g/mol. The highest BCUT2D eigenvalue weighted by Crippen LogP contribution is 2.18. The Bertz CT molecular complexity index is 450. The van der Waals surface area contributed by atoms with Gasteiger partial charge in [0.1, 0.15) is 5.75 Å². The molecule has 20 heavy (non-hydrogen) atoms. The third kappa shape index (κ3) is 4.12. The summed E-state index contributed by atoms with van der Waals surface area (Å²) >= 11 is 5.80. The molecule has 1 aliphatic rings. The number of carbonyl (C=O) groups is 1. The van der Waals surface area contributed by atoms with E-state index in [1.807, 2.05) is 4.90 Å². The molecule has 4 nitrogen and oxygen atoms in total. The number of piperidine rings is 1. The molecular weight excluding hydrogens is 276 g/mol. The predicted molar refractivity (Wildman–Crippen MR) is 79.9 cm³/mol. The van der Waals surface area contributed by atoms with Crippen molar-refractivity contribution in [2.24, 2.45) is 5.73 Å². The molecule has 1 fully saturated rings. The third-order valence-corrected chi connectivity index (χ3v) is 3.89. The number of benzene rings is 1. The molecule has 0 spiro atoms. The van der Waals surface area contributed by atoms with Crippen molar-refractivity contribution in [2.75, 3.05) is 13.2 Å². The number of ether oxygens (including phenoxy) is 1. The van der Waals surface area contributed by atoms with Gasteiger partial charge in [-0.1, -0.05) is 11.6 Å². The van der Waals surface area contributed by atoms with E-state index in [2.05, 4.69) is 6.92 Å². The Morgan fingerprint density at radius 1 is 1.45 bits per heavy atom. The molecule has 0 unspecified atom stereocenters. The van der Waals surface area contributed by atoms with Gasteiger partial charge in [0.15, 0.2) is 0 Å². The Balaban J connectivity index is 1.76. The largest absolute Gasteiger partial charge is 0.493 e. The second-order valence-corrected chi connectivity index (χ2v) is 5.71. The number of amides is 1. The van der Waals surface area contributed by atoms with Crippen LogP contribution in [0.5, 0.6) is 5.75 Å². The molecule has 1 amide bonds. The summed E-state index contributed by atoms with van der Waals surface area (Å²) < 4.78 is 5.55. The number of nitrogens with two attached hydrogens (primary N) is 1. The average Bonchev–Trinajstić information content (AvgIpc) is 2.41. The molecule has 0 saturated carbocycles. The van der Waals surface area contributed by atoms with Gasteiger partial charge in [-0.3, -0.25) is 4.79 Å². The molecule has 1 aliphatic heterocycles. The molecule has 1 aromatic carbocycles. The van der Waals surface area contributed by atoms with Crippen LogP contribution in [0.25, 0.3) is 0 Å². The minimum absolute atomic E-state index is 0.137. The zero-order valence-electron chi connectivity index (χ0n) is 11.7. The van der Waals surface area contributed by atoms with E-state index in [0.717, 1.165) is 25.1 Å². The molecular formula is C15H21ClN2O2. The molecule has 1 aromatic rings. The van der Waals surface area contributed by atoms with Crippen LogP contribution in [0, 0.1) is 0 Å². The Labute approximate surface area is 124 Å². The molecule has 0 aromatic heterocycles. The smallest absolute Gasteiger partial charge is 0.226 e. The highest BCUT2D eigenvalue weighted by Gasteiger charge is 2.26. The first-order chi connectivity index (χ1) is 9.56. The van der Waals surface area contributed by atoms with E-state index in [4.69, 9.17) is 22.1 Å². The van der Waals surface area contributed by atoms with Crippen molar-refractivity contribution in [2.45, 2.75) is 38.3 Å². The van der Waals surface area contributed by atoms with Crippen LogP contribution in [-0.2, 0) is 4.79 Å². The quantitative estimate of drug-likeness (QED) is 0.928. The lowest BCUT2D eigenvalue weighted by molar-refractivity contribution is -0.135. The summed E-state index contributed by atoms with van der Waals surface area (Å²) in [6.45, 7) is 3.19. The van der Waals surface area contributed by atoms with E-state index in [1.54, 1.807) is 24.3 Å². The summed E-state index contributed by atoms with van der Waals surface area (Å²) in [4.78, 5) is 14.1. The fraction of sp³-hybridized carbons (Fsp3) is 0.533. The molecule has 2 rings (SSSR count). The predicted octanol–water partition coefficient (Wildman–Crippen LogP) is 2.45. The molecule has 1 heterocycles. The summed E-state index contributed by atoms with van der Waals surface area (Å²) in [5.74, 6) is 0.870. The number of carbonyl (C=O) groups excluding carboxylic acids is 1. The fourth-order valence-electron chi connectivity index (χ4n) is 2.51. The number of hydrogen-bond acceptors (Lipinski definition) is 3. The first kappa shape index (κ1) is 15.1. The zero-order valence-corrected chi connectivity index (χ0v) is 12.5. The Hall–Kier alpha value is -1.26. The topological polar surface area (TPSA) is 55.6 Å². The van der Waals surface area contributed by atoms with Gasteiger partial charge < -0.3 is 15.4 Å². The van der Waals surface area contributed by atoms with Crippen LogP contribution in [0.15, 0.2) is 24.3 Å². The van der Waals surface area contributed by atoms with Crippen LogP contribution in [0.3, 0.4) is 0 Å². The van der Waals surface area contributed by atoms with Crippen LogP contribution in [0.1, 0.15) is 26.2 Å². The fourth-order valence-corrected chi connectivity index (χ4v) is 2.64. The van der Waals surface area contributed by atoms with Gasteiger partial charge >= 0.3 is 0 Å². The first-order valence-corrected chi connectivity index (χ1v) is 7.37. The highest BCUT2D eigenvalue weighted by molar-refractivity contribution is 6.30. The number of halogens is 1. The lowest BCUT2D eigenvalue weighted by atomic mass is 9.99. The summed E-state index contributed by atoms with van der Waals surface area (Å²) in [5.41, 5.74) is 5.90. The van der Waals surface area contributed by atoms with Crippen molar-refractivity contribution < 1.29 is 9.53 Å². The Morgan fingerprint density at radius 3 is 2.80 bits per heavy atom. The lowest BCUT2D eigenvalue weighted by Gasteiger charge is -2.36. The second kappa shape index (κ2) is 6.95. The van der Waals surface area contributed by atoms with Crippen molar-refractivity contribution in [1.82, 2.24) is 4.90 Å². The molecule has 0 bridgehead atoms. The molecule has 2 N–H and O–H groups in total. The van der Waals surface area contributed by atoms with Gasteiger partial charge in [-0.2, -0.15) is 0 Å². The number of hydrogen-bond donors (Lipinski definition) is 1. The Morgan fingerprint density at radius 2 is 2.15 bits per heavy atom. The van der Waals surface area contributed by atoms with E-state index < -0.39 is 0 Å². The minimum atomic E-state index is 0.137. The van der Waals surface area contributed by atoms with Crippen LogP contribution in [0.2, 0.25) is 5.02 Å². The van der Waals surface area contributed by atoms with Gasteiger partial charge in [0.05, 0.1) is 13.0 Å². The minimum Gasteiger partial charge on any atom is -0.493 e. The molecule has 0 aliphatic carbocycles. The highest BCUT2D eigenvalue weighted by atomic mass is 35.5. The lowest BCUT2D eigenvalue weighted by Crippen LogP contribution is -2.48. The summed E-state index contributed by atoms with van der Waals surface area (Å²) in [6, 6.07) is 7.59. The molecule has 110 valence electrons. The maximum absolute atomic E-state index is 12.1. The molecule has 2 atom stereocenters. The number of rotatable bonds is 4. The van der Waals surface area contributed by atoms with Crippen molar-refractivity contribution in [3.05, 3.63) is 29.3 Å². The normalized spacial score (nSPS) is 22.6. The van der Waals surface area contributed by atoms with Gasteiger partial charge in [-0.25, -0.2) is 0 Å². The molecule has 5 heteroatoms. The van der Waals surface area contributed by atoms with Crippen molar-refractivity contribution in [3.8, 4) is 5.75 Å². The van der Waals surface area contributed by atoms with Crippen LogP contribution in [-0.4, -0.2) is 36.0 Å². The van der Waals surface area contributed by atoms with Crippen LogP contribution < -0.4 is 10.5 Å². The van der Waals surface area contributed by atoms with Crippen molar-refractivity contribution in [3.63, 3.8) is 0 Å². The molecule has 1 saturated heterocycles. The monoisotopic (exact) mass is 296 g/mol. The van der Waals surface area contributed by atoms with E-state index >= 15 is 0 Å². The maximum Gasteiger partial charge on any atom is 0.226 e. The first-order valence-electron chi connectivity index (χ1n) is 6.99. The van der Waals surface area contributed by atoms with Gasteiger partial charge in [-0.05, 0) is 44.0 Å². The summed E-state index contributed by atoms with van der Waals surface area (Å²) in [5, 5.41) is 0.673. The van der Waals surface area contributed by atoms with Crippen molar-refractivity contribution in [1.29, 1.82) is 0 Å². The summed E-state index contributed by atoms with van der Waals surface area (Å²) in [7, 11) is 0. The SMILES string of the molecule is C[C@@H]1C[C@H](N)CCN1C(=O)CCOc1ccc(Cl)cc1. The van der Waals surface area contributed by atoms with Gasteiger partial charge in [0.2, 0.25) is 5.91 Å². The summed E-state index contributed by atoms with van der Waals surface area (Å²) in [6.07, 6.45) is 2.15. The van der Waals surface area contributed by atoms with Gasteiger partial charge in [0, 0.05) is 23.7 Å². The third-order valence-electron chi connectivity index (χ3n) is 3.64. The van der Waals surface area contributed by atoms with Crippen LogP contribution in [0.4, 0.5) is 0 Å².